The van der Waals surface area contributed by atoms with Crippen LogP contribution in [0.5, 0.6) is 0 Å². The van der Waals surface area contributed by atoms with Crippen LogP contribution in [0, 0.1) is 5.92 Å². The Hall–Kier alpha value is -1.95. The zero-order valence-corrected chi connectivity index (χ0v) is 15.8. The molecule has 1 aromatic heterocycles. The second kappa shape index (κ2) is 8.24. The number of ketones is 1. The average Bonchev–Trinajstić information content (AvgIpc) is 2.86. The molecule has 1 amide bonds. The SMILES string of the molecule is C=Cc1nc(C(=O)C(CC(C)C)NC(=O)OC(C)(C)C)sc1C=C. The molecule has 1 rings (SSSR count). The molecule has 0 saturated carbocycles. The average molecular weight is 350 g/mol. The molecule has 1 unspecified atom stereocenters. The molecule has 0 saturated heterocycles. The predicted octanol–water partition coefficient (Wildman–Crippen LogP) is 4.55. The van der Waals surface area contributed by atoms with Gasteiger partial charge in [-0.25, -0.2) is 9.78 Å². The Bertz CT molecular complexity index is 601. The van der Waals surface area contributed by atoms with Gasteiger partial charge in [-0.1, -0.05) is 27.0 Å². The summed E-state index contributed by atoms with van der Waals surface area (Å²) in [5, 5.41) is 3.01. The van der Waals surface area contributed by atoms with Crippen molar-refractivity contribution in [1.29, 1.82) is 0 Å². The number of hydrogen-bond acceptors (Lipinski definition) is 5. The number of ether oxygens (including phenoxy) is 1. The van der Waals surface area contributed by atoms with Crippen molar-refractivity contribution >= 4 is 35.4 Å². The lowest BCUT2D eigenvalue weighted by Gasteiger charge is -2.23. The van der Waals surface area contributed by atoms with Crippen LogP contribution in [0.15, 0.2) is 13.2 Å². The number of rotatable bonds is 7. The molecular weight excluding hydrogens is 324 g/mol. The van der Waals surface area contributed by atoms with E-state index in [9.17, 15) is 9.59 Å². The fourth-order valence-electron chi connectivity index (χ4n) is 2.04. The Morgan fingerprint density at radius 1 is 1.29 bits per heavy atom. The number of aromatic nitrogens is 1. The quantitative estimate of drug-likeness (QED) is 0.732. The molecule has 1 N–H and O–H groups in total. The zero-order chi connectivity index (χ0) is 18.5. The number of nitrogens with one attached hydrogen (secondary N) is 1. The van der Waals surface area contributed by atoms with E-state index in [1.54, 1.807) is 32.9 Å². The molecule has 0 aliphatic rings. The van der Waals surface area contributed by atoms with Crippen LogP contribution in [0.3, 0.4) is 0 Å². The number of Topliss-reactive ketones (excluding diaryl/α,β-unsaturated/α-hetero) is 1. The van der Waals surface area contributed by atoms with E-state index in [1.165, 1.54) is 11.3 Å². The maximum Gasteiger partial charge on any atom is 0.408 e. The first-order valence-electron chi connectivity index (χ1n) is 7.86. The molecule has 0 aliphatic carbocycles. The summed E-state index contributed by atoms with van der Waals surface area (Å²) < 4.78 is 5.26. The molecule has 5 nitrogen and oxygen atoms in total. The van der Waals surface area contributed by atoms with Gasteiger partial charge in [-0.15, -0.1) is 11.3 Å². The summed E-state index contributed by atoms with van der Waals surface area (Å²) in [7, 11) is 0. The van der Waals surface area contributed by atoms with Crippen LogP contribution < -0.4 is 5.32 Å². The van der Waals surface area contributed by atoms with E-state index >= 15 is 0 Å². The Labute approximate surface area is 147 Å². The number of nitrogens with zero attached hydrogens (tertiary/aromatic N) is 1. The van der Waals surface area contributed by atoms with Crippen molar-refractivity contribution in [2.24, 2.45) is 5.92 Å². The molecule has 0 fully saturated rings. The van der Waals surface area contributed by atoms with Crippen molar-refractivity contribution in [3.63, 3.8) is 0 Å². The van der Waals surface area contributed by atoms with E-state index in [2.05, 4.69) is 23.5 Å². The first-order valence-corrected chi connectivity index (χ1v) is 8.68. The van der Waals surface area contributed by atoms with Gasteiger partial charge in [0.1, 0.15) is 5.60 Å². The van der Waals surface area contributed by atoms with Gasteiger partial charge in [0.2, 0.25) is 5.78 Å². The highest BCUT2D eigenvalue weighted by molar-refractivity contribution is 7.14. The highest BCUT2D eigenvalue weighted by Crippen LogP contribution is 2.23. The molecule has 0 spiro atoms. The van der Waals surface area contributed by atoms with Crippen molar-refractivity contribution in [3.8, 4) is 0 Å². The number of amides is 1. The third kappa shape index (κ3) is 5.92. The molecular formula is C18H26N2O3S. The molecule has 0 aliphatic heterocycles. The fourth-order valence-corrected chi connectivity index (χ4v) is 2.96. The van der Waals surface area contributed by atoms with E-state index in [0.717, 1.165) is 4.88 Å². The van der Waals surface area contributed by atoms with Gasteiger partial charge in [0.25, 0.3) is 0 Å². The molecule has 0 radical (unpaired) electrons. The van der Waals surface area contributed by atoms with Gasteiger partial charge >= 0.3 is 6.09 Å². The van der Waals surface area contributed by atoms with Crippen molar-refractivity contribution < 1.29 is 14.3 Å². The van der Waals surface area contributed by atoms with Crippen LogP contribution >= 0.6 is 11.3 Å². The Kier molecular flexibility index (Phi) is 6.90. The first kappa shape index (κ1) is 20.1. The Morgan fingerprint density at radius 3 is 2.33 bits per heavy atom. The summed E-state index contributed by atoms with van der Waals surface area (Å²) in [5.41, 5.74) is 0.00169. The maximum atomic E-state index is 12.8. The maximum absolute atomic E-state index is 12.8. The molecule has 24 heavy (non-hydrogen) atoms. The van der Waals surface area contributed by atoms with Crippen LogP contribution in [-0.4, -0.2) is 28.5 Å². The molecule has 1 aromatic rings. The van der Waals surface area contributed by atoms with E-state index in [1.807, 2.05) is 13.8 Å². The molecule has 132 valence electrons. The summed E-state index contributed by atoms with van der Waals surface area (Å²) in [6, 6.07) is -0.679. The lowest BCUT2D eigenvalue weighted by molar-refractivity contribution is 0.0485. The fraction of sp³-hybridized carbons (Fsp3) is 0.500. The molecule has 0 aromatic carbocycles. The zero-order valence-electron chi connectivity index (χ0n) is 15.0. The number of alkyl carbamates (subject to hydrolysis) is 1. The van der Waals surface area contributed by atoms with Gasteiger partial charge < -0.3 is 10.1 Å². The predicted molar refractivity (Wildman–Crippen MR) is 99.2 cm³/mol. The second-order valence-electron chi connectivity index (χ2n) is 6.87. The highest BCUT2D eigenvalue weighted by atomic mass is 32.1. The van der Waals surface area contributed by atoms with Gasteiger partial charge in [-0.3, -0.25) is 4.79 Å². The normalized spacial score (nSPS) is 12.6. The van der Waals surface area contributed by atoms with Gasteiger partial charge in [-0.2, -0.15) is 0 Å². The van der Waals surface area contributed by atoms with Gasteiger partial charge in [-0.05, 0) is 45.3 Å². The molecule has 0 bridgehead atoms. The van der Waals surface area contributed by atoms with Crippen LogP contribution in [0.2, 0.25) is 0 Å². The Morgan fingerprint density at radius 2 is 1.92 bits per heavy atom. The van der Waals surface area contributed by atoms with Gasteiger partial charge in [0, 0.05) is 0 Å². The third-order valence-corrected chi connectivity index (χ3v) is 4.07. The monoisotopic (exact) mass is 350 g/mol. The van der Waals surface area contributed by atoms with Gasteiger partial charge in [0.05, 0.1) is 16.6 Å². The summed E-state index contributed by atoms with van der Waals surface area (Å²) in [4.78, 5) is 29.9. The number of thiazole rings is 1. The summed E-state index contributed by atoms with van der Waals surface area (Å²) in [5.74, 6) is 0.00218. The summed E-state index contributed by atoms with van der Waals surface area (Å²) in [6.07, 6.45) is 3.13. The standard InChI is InChI=1S/C18H26N2O3S/c1-8-12-14(9-2)24-16(19-12)15(21)13(10-11(3)4)20-17(22)23-18(5,6)7/h8-9,11,13H,1-2,10H2,3-7H3,(H,20,22). The molecule has 1 heterocycles. The van der Waals surface area contributed by atoms with Crippen LogP contribution in [0.4, 0.5) is 4.79 Å². The van der Waals surface area contributed by atoms with E-state index in [0.29, 0.717) is 17.1 Å². The van der Waals surface area contributed by atoms with Gasteiger partial charge in [0.15, 0.2) is 5.01 Å². The third-order valence-electron chi connectivity index (χ3n) is 2.99. The summed E-state index contributed by atoms with van der Waals surface area (Å²) >= 11 is 1.25. The minimum absolute atomic E-state index is 0.226. The largest absolute Gasteiger partial charge is 0.444 e. The summed E-state index contributed by atoms with van der Waals surface area (Å²) in [6.45, 7) is 16.7. The number of hydrogen-bond donors (Lipinski definition) is 1. The molecule has 1 atom stereocenters. The van der Waals surface area contributed by atoms with Crippen LogP contribution in [0.1, 0.15) is 61.4 Å². The lowest BCUT2D eigenvalue weighted by Crippen LogP contribution is -2.44. The van der Waals surface area contributed by atoms with Crippen LogP contribution in [-0.2, 0) is 4.74 Å². The van der Waals surface area contributed by atoms with Crippen molar-refractivity contribution in [2.75, 3.05) is 0 Å². The lowest BCUT2D eigenvalue weighted by atomic mass is 10.0. The number of carbonyl (C=O) groups excluding carboxylic acids is 2. The van der Waals surface area contributed by atoms with Crippen molar-refractivity contribution in [3.05, 3.63) is 28.7 Å². The smallest absolute Gasteiger partial charge is 0.408 e. The van der Waals surface area contributed by atoms with E-state index in [4.69, 9.17) is 4.74 Å². The first-order chi connectivity index (χ1) is 11.1. The van der Waals surface area contributed by atoms with Crippen LogP contribution in [0.25, 0.3) is 12.2 Å². The van der Waals surface area contributed by atoms with E-state index < -0.39 is 17.7 Å². The Balaban J connectivity index is 3.00. The minimum Gasteiger partial charge on any atom is -0.444 e. The minimum atomic E-state index is -0.679. The van der Waals surface area contributed by atoms with E-state index in [-0.39, 0.29) is 11.7 Å². The molecule has 6 heteroatoms. The number of carbonyl (C=O) groups is 2. The van der Waals surface area contributed by atoms with Crippen molar-refractivity contribution in [1.82, 2.24) is 10.3 Å². The van der Waals surface area contributed by atoms with Crippen molar-refractivity contribution in [2.45, 2.75) is 52.7 Å². The highest BCUT2D eigenvalue weighted by Gasteiger charge is 2.28. The topological polar surface area (TPSA) is 68.3 Å². The second-order valence-corrected chi connectivity index (χ2v) is 7.90.